The van der Waals surface area contributed by atoms with Crippen molar-refractivity contribution in [3.8, 4) is 0 Å². The average molecular weight is 241 g/mol. The van der Waals surface area contributed by atoms with Crippen LogP contribution >= 0.6 is 0 Å². The lowest BCUT2D eigenvalue weighted by Gasteiger charge is -2.06. The van der Waals surface area contributed by atoms with Crippen LogP contribution in [0.1, 0.15) is 37.1 Å². The van der Waals surface area contributed by atoms with Crippen molar-refractivity contribution >= 4 is 11.1 Å². The fourth-order valence-electron chi connectivity index (χ4n) is 1.64. The topological polar surface area (TPSA) is 71.8 Å². The summed E-state index contributed by atoms with van der Waals surface area (Å²) in [6, 6.07) is 5.65. The van der Waals surface area contributed by atoms with Crippen LogP contribution in [0.25, 0.3) is 0 Å². The molecule has 0 radical (unpaired) electrons. The van der Waals surface area contributed by atoms with Gasteiger partial charge in [-0.15, -0.1) is 0 Å². The molecule has 1 aliphatic rings. The van der Waals surface area contributed by atoms with Gasteiger partial charge in [0.2, 0.25) is 0 Å². The molecule has 0 bridgehead atoms. The maximum absolute atomic E-state index is 11.2. The van der Waals surface area contributed by atoms with Crippen LogP contribution in [0.2, 0.25) is 0 Å². The third kappa shape index (κ3) is 2.68. The highest BCUT2D eigenvalue weighted by atomic mass is 32.2. The van der Waals surface area contributed by atoms with Gasteiger partial charge in [-0.2, -0.15) is 5.48 Å². The fourth-order valence-corrected chi connectivity index (χ4v) is 2.27. The second-order valence-corrected chi connectivity index (χ2v) is 4.78. The van der Waals surface area contributed by atoms with Gasteiger partial charge in [0.25, 0.3) is 0 Å². The minimum absolute atomic E-state index is 0.216. The molecular weight excluding hydrogens is 226 g/mol. The number of unbranched alkanes of at least 4 members (excludes halogenated alkanes) is 1. The van der Waals surface area contributed by atoms with Gasteiger partial charge in [-0.05, 0) is 24.5 Å². The summed E-state index contributed by atoms with van der Waals surface area (Å²) in [5.74, 6) is 0. The van der Waals surface area contributed by atoms with E-state index in [2.05, 4.69) is 12.4 Å². The molecule has 2 N–H and O–H groups in total. The van der Waals surface area contributed by atoms with Crippen molar-refractivity contribution in [3.63, 3.8) is 0 Å². The zero-order valence-electron chi connectivity index (χ0n) is 9.10. The lowest BCUT2D eigenvalue weighted by molar-refractivity contribution is 0.372. The molecule has 0 amide bonds. The number of hydroxylamine groups is 1. The Bertz CT molecular complexity index is 404. The molecule has 1 aromatic rings. The van der Waals surface area contributed by atoms with Gasteiger partial charge in [0, 0.05) is 5.56 Å². The average Bonchev–Trinajstić information content (AvgIpc) is 3.09. The van der Waals surface area contributed by atoms with E-state index >= 15 is 0 Å². The van der Waals surface area contributed by atoms with Gasteiger partial charge in [-0.3, -0.25) is 4.84 Å². The van der Waals surface area contributed by atoms with Crippen LogP contribution in [0, 0.1) is 0 Å². The lowest BCUT2D eigenvalue weighted by Crippen LogP contribution is -1.99. The van der Waals surface area contributed by atoms with E-state index in [1.165, 1.54) is 0 Å². The van der Waals surface area contributed by atoms with Crippen molar-refractivity contribution in [1.82, 2.24) is 5.48 Å². The number of aryl methyl sites for hydroxylation is 1. The molecule has 1 saturated heterocycles. The number of hydrogen-bond acceptors (Lipinski definition) is 3. The van der Waals surface area contributed by atoms with Crippen LogP contribution in [0.15, 0.2) is 23.1 Å². The van der Waals surface area contributed by atoms with E-state index in [0.29, 0.717) is 4.90 Å². The largest absolute Gasteiger partial charge is 0.302 e. The summed E-state index contributed by atoms with van der Waals surface area (Å²) in [5.41, 5.74) is 4.51. The molecule has 0 spiro atoms. The smallest absolute Gasteiger partial charge is 0.186 e. The van der Waals surface area contributed by atoms with Gasteiger partial charge in [0.15, 0.2) is 17.3 Å². The number of nitrogens with one attached hydrogen (secondary N) is 1. The second-order valence-electron chi connectivity index (χ2n) is 3.84. The Kier molecular flexibility index (Phi) is 3.70. The number of rotatable bonds is 5. The molecule has 1 fully saturated rings. The van der Waals surface area contributed by atoms with Crippen molar-refractivity contribution in [2.75, 3.05) is 0 Å². The predicted octanol–water partition coefficient (Wildman–Crippen LogP) is 2.14. The molecule has 0 aromatic heterocycles. The van der Waals surface area contributed by atoms with E-state index in [0.717, 1.165) is 30.4 Å². The molecule has 4 nitrogen and oxygen atoms in total. The molecule has 2 rings (SSSR count). The van der Waals surface area contributed by atoms with Crippen molar-refractivity contribution in [2.45, 2.75) is 37.3 Å². The van der Waals surface area contributed by atoms with E-state index in [1.54, 1.807) is 6.07 Å². The first kappa shape index (κ1) is 11.7. The number of benzene rings is 1. The predicted molar refractivity (Wildman–Crippen MR) is 61.1 cm³/mol. The van der Waals surface area contributed by atoms with Gasteiger partial charge in [0.1, 0.15) is 0 Å². The highest BCUT2D eigenvalue weighted by Gasteiger charge is 2.28. The Balaban J connectivity index is 2.24. The summed E-state index contributed by atoms with van der Waals surface area (Å²) in [6.07, 6.45) is 2.94. The van der Waals surface area contributed by atoms with Gasteiger partial charge >= 0.3 is 0 Å². The molecule has 0 saturated carbocycles. The second kappa shape index (κ2) is 5.05. The lowest BCUT2D eigenvalue weighted by atomic mass is 10.1. The molecule has 2 atom stereocenters. The summed E-state index contributed by atoms with van der Waals surface area (Å²) >= 11 is -1.96. The molecule has 16 heavy (non-hydrogen) atoms. The maximum Gasteiger partial charge on any atom is 0.186 e. The highest BCUT2D eigenvalue weighted by molar-refractivity contribution is 7.79. The molecule has 1 aliphatic heterocycles. The Morgan fingerprint density at radius 1 is 1.56 bits per heavy atom. The van der Waals surface area contributed by atoms with Crippen molar-refractivity contribution in [1.29, 1.82) is 0 Å². The standard InChI is InChI=1S/C11H15NO3S/c1-2-3-4-8-5-6-9(11-12-15-11)10(7-8)16(13)14/h5-7,11-12H,2-4H2,1H3,(H,13,14). The van der Waals surface area contributed by atoms with Gasteiger partial charge < -0.3 is 4.55 Å². The molecule has 0 aliphatic carbocycles. The summed E-state index contributed by atoms with van der Waals surface area (Å²) in [6.45, 7) is 2.13. The zero-order chi connectivity index (χ0) is 11.5. The first-order valence-corrected chi connectivity index (χ1v) is 6.48. The van der Waals surface area contributed by atoms with Gasteiger partial charge in [-0.25, -0.2) is 4.21 Å². The third-order valence-corrected chi connectivity index (χ3v) is 3.33. The number of hydrogen-bond donors (Lipinski definition) is 2. The van der Waals surface area contributed by atoms with Crippen LogP contribution in [0.3, 0.4) is 0 Å². The minimum Gasteiger partial charge on any atom is -0.302 e. The van der Waals surface area contributed by atoms with Crippen LogP contribution in [0.5, 0.6) is 0 Å². The molecule has 5 heteroatoms. The van der Waals surface area contributed by atoms with Crippen LogP contribution in [-0.2, 0) is 22.3 Å². The zero-order valence-corrected chi connectivity index (χ0v) is 9.92. The Hall–Kier alpha value is -0.750. The minimum atomic E-state index is -1.96. The van der Waals surface area contributed by atoms with Crippen LogP contribution in [-0.4, -0.2) is 8.76 Å². The highest BCUT2D eigenvalue weighted by Crippen LogP contribution is 2.29. The first-order chi connectivity index (χ1) is 7.72. The van der Waals surface area contributed by atoms with Crippen molar-refractivity contribution < 1.29 is 13.6 Å². The van der Waals surface area contributed by atoms with Crippen LogP contribution < -0.4 is 5.48 Å². The molecule has 1 aromatic carbocycles. The van der Waals surface area contributed by atoms with Gasteiger partial charge in [0.05, 0.1) is 4.90 Å². The summed E-state index contributed by atoms with van der Waals surface area (Å²) in [4.78, 5) is 5.36. The SMILES string of the molecule is CCCCc1ccc(C2NO2)c(S(=O)O)c1. The molecule has 2 unspecified atom stereocenters. The van der Waals surface area contributed by atoms with Gasteiger partial charge in [-0.1, -0.05) is 25.5 Å². The summed E-state index contributed by atoms with van der Waals surface area (Å²) in [7, 11) is 0. The Morgan fingerprint density at radius 3 is 2.88 bits per heavy atom. The molecule has 88 valence electrons. The van der Waals surface area contributed by atoms with Crippen molar-refractivity contribution in [3.05, 3.63) is 29.3 Å². The fraction of sp³-hybridized carbons (Fsp3) is 0.455. The normalized spacial score (nSPS) is 20.8. The molecular formula is C11H15NO3S. The quantitative estimate of drug-likeness (QED) is 0.612. The Labute approximate surface area is 97.2 Å². The van der Waals surface area contributed by atoms with E-state index in [1.807, 2.05) is 12.1 Å². The molecule has 1 heterocycles. The van der Waals surface area contributed by atoms with Crippen molar-refractivity contribution in [2.24, 2.45) is 0 Å². The monoisotopic (exact) mass is 241 g/mol. The maximum atomic E-state index is 11.2. The van der Waals surface area contributed by atoms with Crippen LogP contribution in [0.4, 0.5) is 0 Å². The first-order valence-electron chi connectivity index (χ1n) is 5.37. The van der Waals surface area contributed by atoms with E-state index in [-0.39, 0.29) is 6.23 Å². The van der Waals surface area contributed by atoms with E-state index < -0.39 is 11.1 Å². The Morgan fingerprint density at radius 2 is 2.31 bits per heavy atom. The summed E-state index contributed by atoms with van der Waals surface area (Å²) in [5, 5.41) is 0. The summed E-state index contributed by atoms with van der Waals surface area (Å²) < 4.78 is 20.4. The van der Waals surface area contributed by atoms with E-state index in [4.69, 9.17) is 4.84 Å². The third-order valence-electron chi connectivity index (χ3n) is 2.60. The van der Waals surface area contributed by atoms with E-state index in [9.17, 15) is 8.76 Å².